The summed E-state index contributed by atoms with van der Waals surface area (Å²) in [6, 6.07) is 23.0. The van der Waals surface area contributed by atoms with Crippen LogP contribution in [0.3, 0.4) is 0 Å². The van der Waals surface area contributed by atoms with Gasteiger partial charge >= 0.3 is 12.1 Å². The second-order valence-electron chi connectivity index (χ2n) is 9.52. The van der Waals surface area contributed by atoms with E-state index < -0.39 is 18.1 Å². The van der Waals surface area contributed by atoms with Gasteiger partial charge in [0.25, 0.3) is 0 Å². The number of hydrogen-bond acceptors (Lipinski definition) is 5. The molecule has 1 aliphatic carbocycles. The van der Waals surface area contributed by atoms with Crippen molar-refractivity contribution in [2.45, 2.75) is 18.4 Å². The van der Waals surface area contributed by atoms with E-state index in [4.69, 9.17) is 4.74 Å². The molecular formula is C29H31N3O4. The molecule has 0 aromatic heterocycles. The number of hydrogen-bond donors (Lipinski definition) is 2. The highest BCUT2D eigenvalue weighted by molar-refractivity contribution is 5.81. The number of carboxylic acids is 1. The van der Waals surface area contributed by atoms with E-state index in [1.54, 1.807) is 0 Å². The molecule has 7 heteroatoms. The summed E-state index contributed by atoms with van der Waals surface area (Å²) in [5.41, 5.74) is 6.49. The zero-order chi connectivity index (χ0) is 25.1. The quantitative estimate of drug-likeness (QED) is 0.527. The number of piperazine rings is 1. The SMILES string of the molecule is CN1CCN(c2ccc(CC(NC(=O)OCC3c4ccccc4-c4ccccc43)C(=O)O)cc2)CC1. The number of nitrogens with one attached hydrogen (secondary N) is 1. The lowest BCUT2D eigenvalue weighted by Gasteiger charge is -2.34. The first-order valence-electron chi connectivity index (χ1n) is 12.4. The summed E-state index contributed by atoms with van der Waals surface area (Å²) in [5, 5.41) is 12.3. The molecule has 1 fully saturated rings. The Bertz CT molecular complexity index is 1190. The summed E-state index contributed by atoms with van der Waals surface area (Å²) in [4.78, 5) is 29.1. The number of anilines is 1. The molecule has 0 radical (unpaired) electrons. The minimum absolute atomic E-state index is 0.0754. The first-order chi connectivity index (χ1) is 17.5. The molecule has 0 spiro atoms. The molecule has 1 saturated heterocycles. The average Bonchev–Trinajstić information content (AvgIpc) is 3.22. The van der Waals surface area contributed by atoms with Gasteiger partial charge in [0.2, 0.25) is 0 Å². The standard InChI is InChI=1S/C29H31N3O4/c1-31-14-16-32(17-15-31)21-12-10-20(11-13-21)18-27(28(33)34)30-29(35)36-19-26-24-8-4-2-6-22(24)23-7-3-5-9-25(23)26/h2-13,26-27H,14-19H2,1H3,(H,30,35)(H,33,34). The van der Waals surface area contributed by atoms with E-state index in [0.29, 0.717) is 0 Å². The fourth-order valence-electron chi connectivity index (χ4n) is 5.13. The molecule has 1 heterocycles. The van der Waals surface area contributed by atoms with Crippen molar-refractivity contribution in [2.75, 3.05) is 44.7 Å². The topological polar surface area (TPSA) is 82.1 Å². The van der Waals surface area contributed by atoms with Crippen LogP contribution in [0, 0.1) is 0 Å². The van der Waals surface area contributed by atoms with Crippen LogP contribution in [-0.4, -0.2) is 67.9 Å². The number of fused-ring (bicyclic) bond motifs is 3. The van der Waals surface area contributed by atoms with E-state index in [1.165, 1.54) is 0 Å². The Hall–Kier alpha value is -3.84. The lowest BCUT2D eigenvalue weighted by Crippen LogP contribution is -2.44. The number of likely N-dealkylation sites (N-methyl/N-ethyl adjacent to an activating group) is 1. The molecule has 1 amide bonds. The van der Waals surface area contributed by atoms with Gasteiger partial charge in [0.15, 0.2) is 0 Å². The van der Waals surface area contributed by atoms with Gasteiger partial charge < -0.3 is 25.0 Å². The molecule has 1 unspecified atom stereocenters. The summed E-state index contributed by atoms with van der Waals surface area (Å²) in [6.07, 6.45) is -0.541. The third kappa shape index (κ3) is 5.06. The van der Waals surface area contributed by atoms with Gasteiger partial charge in [-0.05, 0) is 47.0 Å². The fraction of sp³-hybridized carbons (Fsp3) is 0.310. The van der Waals surface area contributed by atoms with Crippen LogP contribution in [0.4, 0.5) is 10.5 Å². The van der Waals surface area contributed by atoms with Crippen molar-refractivity contribution in [3.63, 3.8) is 0 Å². The molecule has 1 atom stereocenters. The molecule has 1 aliphatic heterocycles. The number of carbonyl (C=O) groups is 2. The van der Waals surface area contributed by atoms with Gasteiger partial charge in [0, 0.05) is 44.2 Å². The zero-order valence-corrected chi connectivity index (χ0v) is 20.4. The van der Waals surface area contributed by atoms with Crippen LogP contribution in [0.15, 0.2) is 72.8 Å². The first kappa shape index (κ1) is 23.9. The maximum Gasteiger partial charge on any atom is 0.407 e. The summed E-state index contributed by atoms with van der Waals surface area (Å²) in [6.45, 7) is 4.12. The molecule has 7 nitrogen and oxygen atoms in total. The number of alkyl carbamates (subject to hydrolysis) is 1. The van der Waals surface area contributed by atoms with Crippen molar-refractivity contribution >= 4 is 17.7 Å². The second kappa shape index (κ2) is 10.4. The van der Waals surface area contributed by atoms with Crippen molar-refractivity contribution in [1.29, 1.82) is 0 Å². The third-order valence-electron chi connectivity index (χ3n) is 7.18. The third-order valence-corrected chi connectivity index (χ3v) is 7.18. The van der Waals surface area contributed by atoms with Crippen LogP contribution >= 0.6 is 0 Å². The maximum atomic E-state index is 12.6. The van der Waals surface area contributed by atoms with Crippen LogP contribution in [0.2, 0.25) is 0 Å². The van der Waals surface area contributed by atoms with Gasteiger partial charge in [0.1, 0.15) is 12.6 Å². The average molecular weight is 486 g/mol. The summed E-state index contributed by atoms with van der Waals surface area (Å²) < 4.78 is 5.54. The number of carbonyl (C=O) groups excluding carboxylic acids is 1. The number of amides is 1. The predicted molar refractivity (Wildman–Crippen MR) is 139 cm³/mol. The smallest absolute Gasteiger partial charge is 0.407 e. The Labute approximate surface area is 211 Å². The van der Waals surface area contributed by atoms with Crippen LogP contribution in [0.5, 0.6) is 0 Å². The van der Waals surface area contributed by atoms with E-state index >= 15 is 0 Å². The minimum Gasteiger partial charge on any atom is -0.480 e. The van der Waals surface area contributed by atoms with E-state index in [0.717, 1.165) is 59.7 Å². The van der Waals surface area contributed by atoms with Crippen LogP contribution < -0.4 is 10.2 Å². The van der Waals surface area contributed by atoms with E-state index in [1.807, 2.05) is 60.7 Å². The van der Waals surface area contributed by atoms with Gasteiger partial charge in [-0.2, -0.15) is 0 Å². The van der Waals surface area contributed by atoms with Crippen molar-refractivity contribution < 1.29 is 19.4 Å². The zero-order valence-electron chi connectivity index (χ0n) is 20.4. The number of ether oxygens (including phenoxy) is 1. The van der Waals surface area contributed by atoms with Gasteiger partial charge in [-0.3, -0.25) is 0 Å². The van der Waals surface area contributed by atoms with E-state index in [2.05, 4.69) is 34.3 Å². The highest BCUT2D eigenvalue weighted by Gasteiger charge is 2.30. The maximum absolute atomic E-state index is 12.6. The molecule has 186 valence electrons. The molecular weight excluding hydrogens is 454 g/mol. The van der Waals surface area contributed by atoms with Crippen molar-refractivity contribution in [3.8, 4) is 11.1 Å². The van der Waals surface area contributed by atoms with Gasteiger partial charge in [-0.1, -0.05) is 60.7 Å². The van der Waals surface area contributed by atoms with Gasteiger partial charge in [-0.15, -0.1) is 0 Å². The highest BCUT2D eigenvalue weighted by Crippen LogP contribution is 2.44. The number of carboxylic acid groups (broad SMARTS) is 1. The Balaban J connectivity index is 1.19. The Kier molecular flexibility index (Phi) is 6.91. The first-order valence-corrected chi connectivity index (χ1v) is 12.4. The number of rotatable bonds is 7. The van der Waals surface area contributed by atoms with Crippen LogP contribution in [-0.2, 0) is 16.0 Å². The molecule has 3 aromatic carbocycles. The Morgan fingerprint density at radius 1 is 0.917 bits per heavy atom. The van der Waals surface area contributed by atoms with Gasteiger partial charge in [0.05, 0.1) is 0 Å². The largest absolute Gasteiger partial charge is 0.480 e. The second-order valence-corrected chi connectivity index (χ2v) is 9.52. The van der Waals surface area contributed by atoms with Crippen LogP contribution in [0.25, 0.3) is 11.1 Å². The minimum atomic E-state index is -1.09. The number of nitrogens with zero attached hydrogens (tertiary/aromatic N) is 2. The summed E-state index contributed by atoms with van der Waals surface area (Å²) in [5.74, 6) is -1.17. The monoisotopic (exact) mass is 485 g/mol. The molecule has 0 bridgehead atoms. The van der Waals surface area contributed by atoms with Crippen molar-refractivity contribution in [2.24, 2.45) is 0 Å². The molecule has 2 N–H and O–H groups in total. The number of benzene rings is 3. The lowest BCUT2D eigenvalue weighted by molar-refractivity contribution is -0.139. The normalized spacial score (nSPS) is 16.2. The molecule has 3 aromatic rings. The van der Waals surface area contributed by atoms with E-state index in [9.17, 15) is 14.7 Å². The highest BCUT2D eigenvalue weighted by atomic mass is 16.5. The molecule has 2 aliphatic rings. The van der Waals surface area contributed by atoms with Crippen molar-refractivity contribution in [1.82, 2.24) is 10.2 Å². The van der Waals surface area contributed by atoms with Crippen LogP contribution in [0.1, 0.15) is 22.6 Å². The molecule has 36 heavy (non-hydrogen) atoms. The Morgan fingerprint density at radius 2 is 1.50 bits per heavy atom. The van der Waals surface area contributed by atoms with Gasteiger partial charge in [-0.25, -0.2) is 9.59 Å². The number of aliphatic carboxylic acids is 1. The summed E-state index contributed by atoms with van der Waals surface area (Å²) in [7, 11) is 2.12. The van der Waals surface area contributed by atoms with E-state index in [-0.39, 0.29) is 18.9 Å². The fourth-order valence-corrected chi connectivity index (χ4v) is 5.13. The predicted octanol–water partition coefficient (Wildman–Crippen LogP) is 3.97. The van der Waals surface area contributed by atoms with Crippen molar-refractivity contribution in [3.05, 3.63) is 89.5 Å². The Morgan fingerprint density at radius 3 is 2.08 bits per heavy atom. The summed E-state index contributed by atoms with van der Waals surface area (Å²) >= 11 is 0. The molecule has 0 saturated carbocycles. The lowest BCUT2D eigenvalue weighted by atomic mass is 9.98. The molecule has 5 rings (SSSR count).